The lowest BCUT2D eigenvalue weighted by molar-refractivity contribution is -0.147. The average Bonchev–Trinajstić information content (AvgIpc) is 2.82. The van der Waals surface area contributed by atoms with Gasteiger partial charge in [-0.05, 0) is 19.1 Å². The first-order chi connectivity index (χ1) is 9.01. The summed E-state index contributed by atoms with van der Waals surface area (Å²) in [5.41, 5.74) is 0. The number of ether oxygens (including phenoxy) is 1. The molecule has 1 aliphatic rings. The molecule has 0 aromatic heterocycles. The van der Waals surface area contributed by atoms with Gasteiger partial charge in [0.2, 0.25) is 5.91 Å². The molecule has 1 aliphatic heterocycles. The molecular formula is C13H23NO4S. The molecule has 1 amide bonds. The highest BCUT2D eigenvalue weighted by molar-refractivity contribution is 8.00. The van der Waals surface area contributed by atoms with Crippen molar-refractivity contribution in [1.82, 2.24) is 4.90 Å². The predicted molar refractivity (Wildman–Crippen MR) is 75.4 cm³/mol. The van der Waals surface area contributed by atoms with Gasteiger partial charge in [-0.15, -0.1) is 11.8 Å². The van der Waals surface area contributed by atoms with Crippen LogP contribution in [0.5, 0.6) is 0 Å². The van der Waals surface area contributed by atoms with Gasteiger partial charge in [-0.1, -0.05) is 13.3 Å². The van der Waals surface area contributed by atoms with Gasteiger partial charge in [0.25, 0.3) is 0 Å². The SMILES string of the molecule is CCCCSC(C)C(=O)N1CC(OC)CC1C(=O)O. The molecule has 19 heavy (non-hydrogen) atoms. The van der Waals surface area contributed by atoms with Gasteiger partial charge in [0.05, 0.1) is 11.4 Å². The third kappa shape index (κ3) is 4.38. The Kier molecular flexibility index (Phi) is 6.65. The molecule has 110 valence electrons. The van der Waals surface area contributed by atoms with Gasteiger partial charge >= 0.3 is 5.97 Å². The highest BCUT2D eigenvalue weighted by Gasteiger charge is 2.41. The molecule has 3 atom stereocenters. The highest BCUT2D eigenvalue weighted by Crippen LogP contribution is 2.24. The highest BCUT2D eigenvalue weighted by atomic mass is 32.2. The van der Waals surface area contributed by atoms with Gasteiger partial charge < -0.3 is 14.7 Å². The molecule has 0 aromatic carbocycles. The minimum absolute atomic E-state index is 0.0898. The second-order valence-electron chi connectivity index (χ2n) is 4.80. The van der Waals surface area contributed by atoms with Gasteiger partial charge in [0, 0.05) is 20.1 Å². The standard InChI is InChI=1S/C13H23NO4S/c1-4-5-6-19-9(2)12(15)14-8-10(18-3)7-11(14)13(16)17/h9-11H,4-8H2,1-3H3,(H,16,17). The summed E-state index contributed by atoms with van der Waals surface area (Å²) in [5, 5.41) is 8.99. The van der Waals surface area contributed by atoms with E-state index in [4.69, 9.17) is 4.74 Å². The second-order valence-corrected chi connectivity index (χ2v) is 6.25. The van der Waals surface area contributed by atoms with Gasteiger partial charge in [0.1, 0.15) is 6.04 Å². The molecule has 0 aliphatic carbocycles. The topological polar surface area (TPSA) is 66.8 Å². The Hall–Kier alpha value is -0.750. The minimum atomic E-state index is -0.946. The van der Waals surface area contributed by atoms with E-state index >= 15 is 0 Å². The van der Waals surface area contributed by atoms with Crippen LogP contribution >= 0.6 is 11.8 Å². The van der Waals surface area contributed by atoms with E-state index in [1.165, 1.54) is 4.90 Å². The summed E-state index contributed by atoms with van der Waals surface area (Å²) in [5.74, 6) is -0.102. The number of nitrogens with zero attached hydrogens (tertiary/aromatic N) is 1. The van der Waals surface area contributed by atoms with Crippen molar-refractivity contribution < 1.29 is 19.4 Å². The molecule has 1 N–H and O–H groups in total. The maximum atomic E-state index is 12.3. The third-order valence-electron chi connectivity index (χ3n) is 3.38. The summed E-state index contributed by atoms with van der Waals surface area (Å²) in [7, 11) is 1.55. The Morgan fingerprint density at radius 1 is 1.53 bits per heavy atom. The van der Waals surface area contributed by atoms with Crippen LogP contribution in [0.3, 0.4) is 0 Å². The van der Waals surface area contributed by atoms with Crippen LogP contribution in [0.1, 0.15) is 33.1 Å². The number of aliphatic carboxylic acids is 1. The van der Waals surface area contributed by atoms with Gasteiger partial charge in [-0.25, -0.2) is 4.79 Å². The maximum absolute atomic E-state index is 12.3. The van der Waals surface area contributed by atoms with Crippen molar-refractivity contribution in [2.75, 3.05) is 19.4 Å². The van der Waals surface area contributed by atoms with Gasteiger partial charge in [-0.2, -0.15) is 0 Å². The third-order valence-corrected chi connectivity index (χ3v) is 4.60. The van der Waals surface area contributed by atoms with Crippen LogP contribution in [0.15, 0.2) is 0 Å². The summed E-state index contributed by atoms with van der Waals surface area (Å²) >= 11 is 1.59. The van der Waals surface area contributed by atoms with E-state index in [0.29, 0.717) is 13.0 Å². The summed E-state index contributed by atoms with van der Waals surface area (Å²) in [6.45, 7) is 4.34. The predicted octanol–water partition coefficient (Wildman–Crippen LogP) is 1.61. The number of carboxylic acid groups (broad SMARTS) is 1. The molecule has 1 heterocycles. The average molecular weight is 289 g/mol. The van der Waals surface area contributed by atoms with E-state index in [2.05, 4.69) is 6.92 Å². The van der Waals surface area contributed by atoms with Gasteiger partial charge in [0.15, 0.2) is 0 Å². The summed E-state index contributed by atoms with van der Waals surface area (Å²) in [6, 6.07) is -0.744. The number of carboxylic acids is 1. The molecule has 6 heteroatoms. The van der Waals surface area contributed by atoms with E-state index in [0.717, 1.165) is 18.6 Å². The normalized spacial score (nSPS) is 24.5. The number of methoxy groups -OCH3 is 1. The molecule has 1 rings (SSSR count). The van der Waals surface area contributed by atoms with Crippen molar-refractivity contribution in [1.29, 1.82) is 0 Å². The Morgan fingerprint density at radius 2 is 2.21 bits per heavy atom. The first-order valence-corrected chi connectivity index (χ1v) is 7.73. The molecular weight excluding hydrogens is 266 g/mol. The van der Waals surface area contributed by atoms with Crippen molar-refractivity contribution in [3.63, 3.8) is 0 Å². The summed E-state index contributed by atoms with van der Waals surface area (Å²) in [6.07, 6.45) is 2.38. The Labute approximate surface area is 118 Å². The van der Waals surface area contributed by atoms with Crippen molar-refractivity contribution in [2.45, 2.75) is 50.5 Å². The zero-order valence-electron chi connectivity index (χ0n) is 11.8. The fourth-order valence-electron chi connectivity index (χ4n) is 2.16. The molecule has 0 aromatic rings. The molecule has 3 unspecified atom stereocenters. The van der Waals surface area contributed by atoms with Crippen LogP contribution in [0, 0.1) is 0 Å². The number of hydrogen-bond acceptors (Lipinski definition) is 4. The van der Waals surface area contributed by atoms with Crippen molar-refractivity contribution in [2.24, 2.45) is 0 Å². The smallest absolute Gasteiger partial charge is 0.326 e. The minimum Gasteiger partial charge on any atom is -0.480 e. The molecule has 0 spiro atoms. The van der Waals surface area contributed by atoms with Crippen LogP contribution in [0.2, 0.25) is 0 Å². The number of likely N-dealkylation sites (tertiary alicyclic amines) is 1. The number of rotatable bonds is 7. The van der Waals surface area contributed by atoms with Crippen LogP contribution in [0.4, 0.5) is 0 Å². The van der Waals surface area contributed by atoms with E-state index in [-0.39, 0.29) is 17.3 Å². The zero-order valence-corrected chi connectivity index (χ0v) is 12.6. The van der Waals surface area contributed by atoms with Crippen molar-refractivity contribution in [3.05, 3.63) is 0 Å². The number of unbranched alkanes of at least 4 members (excludes halogenated alkanes) is 1. The Bertz CT molecular complexity index is 324. The van der Waals surface area contributed by atoms with Crippen molar-refractivity contribution in [3.8, 4) is 0 Å². The van der Waals surface area contributed by atoms with E-state index in [1.54, 1.807) is 18.9 Å². The second kappa shape index (κ2) is 7.75. The number of carbonyl (C=O) groups is 2. The largest absolute Gasteiger partial charge is 0.480 e. The van der Waals surface area contributed by atoms with E-state index in [1.807, 2.05) is 6.92 Å². The molecule has 0 bridgehead atoms. The Morgan fingerprint density at radius 3 is 2.74 bits per heavy atom. The van der Waals surface area contributed by atoms with Crippen molar-refractivity contribution >= 4 is 23.6 Å². The first kappa shape index (κ1) is 16.3. The quantitative estimate of drug-likeness (QED) is 0.721. The summed E-state index contributed by atoms with van der Waals surface area (Å²) in [4.78, 5) is 25.0. The molecule has 1 fully saturated rings. The molecule has 0 saturated carbocycles. The van der Waals surface area contributed by atoms with Crippen LogP contribution in [-0.4, -0.2) is 58.7 Å². The summed E-state index contributed by atoms with van der Waals surface area (Å²) < 4.78 is 5.19. The lowest BCUT2D eigenvalue weighted by Crippen LogP contribution is -2.44. The fourth-order valence-corrected chi connectivity index (χ4v) is 3.24. The number of thioether (sulfide) groups is 1. The lowest BCUT2D eigenvalue weighted by Gasteiger charge is -2.24. The van der Waals surface area contributed by atoms with Gasteiger partial charge in [-0.3, -0.25) is 4.79 Å². The maximum Gasteiger partial charge on any atom is 0.326 e. The lowest BCUT2D eigenvalue weighted by atomic mass is 10.2. The monoisotopic (exact) mass is 289 g/mol. The zero-order chi connectivity index (χ0) is 14.4. The van der Waals surface area contributed by atoms with Crippen LogP contribution < -0.4 is 0 Å². The number of carbonyl (C=O) groups excluding carboxylic acids is 1. The molecule has 5 nitrogen and oxygen atoms in total. The molecule has 0 radical (unpaired) electrons. The number of hydrogen-bond donors (Lipinski definition) is 1. The van der Waals surface area contributed by atoms with E-state index < -0.39 is 12.0 Å². The number of amides is 1. The Balaban J connectivity index is 2.60. The first-order valence-electron chi connectivity index (χ1n) is 6.68. The van der Waals surface area contributed by atoms with Crippen LogP contribution in [0.25, 0.3) is 0 Å². The molecule has 1 saturated heterocycles. The fraction of sp³-hybridized carbons (Fsp3) is 0.846. The van der Waals surface area contributed by atoms with Crippen LogP contribution in [-0.2, 0) is 14.3 Å². The van der Waals surface area contributed by atoms with E-state index in [9.17, 15) is 14.7 Å².